The van der Waals surface area contributed by atoms with Gasteiger partial charge in [-0.3, -0.25) is 4.79 Å². The summed E-state index contributed by atoms with van der Waals surface area (Å²) in [6, 6.07) is 8.03. The Hall–Kier alpha value is -1.68. The van der Waals surface area contributed by atoms with Crippen molar-refractivity contribution in [3.63, 3.8) is 0 Å². The highest BCUT2D eigenvalue weighted by atomic mass is 32.1. The molecule has 1 heterocycles. The lowest BCUT2D eigenvalue weighted by Crippen LogP contribution is -2.24. The third-order valence-electron chi connectivity index (χ3n) is 2.61. The number of nitrogens with one attached hydrogen (secondary N) is 1. The van der Waals surface area contributed by atoms with Crippen molar-refractivity contribution in [1.82, 2.24) is 10.3 Å². The van der Waals surface area contributed by atoms with Gasteiger partial charge in [-0.25, -0.2) is 4.98 Å². The number of aryl methyl sites for hydroxylation is 2. The standard InChI is InChI=1S/C14H16N2OS/c1-10-3-5-12(6-4-10)7-14(17)16-9-13-8-15-11(2)18-13/h3-6,8H,7,9H2,1-2H3,(H,16,17). The van der Waals surface area contributed by atoms with Crippen LogP contribution in [0.25, 0.3) is 0 Å². The van der Waals surface area contributed by atoms with E-state index in [1.54, 1.807) is 11.3 Å². The van der Waals surface area contributed by atoms with E-state index in [4.69, 9.17) is 0 Å². The number of thiazole rings is 1. The van der Waals surface area contributed by atoms with Crippen molar-refractivity contribution >= 4 is 17.2 Å². The molecule has 0 aliphatic carbocycles. The number of hydrogen-bond acceptors (Lipinski definition) is 3. The minimum absolute atomic E-state index is 0.0462. The number of carbonyl (C=O) groups is 1. The van der Waals surface area contributed by atoms with Gasteiger partial charge in [0.05, 0.1) is 18.0 Å². The van der Waals surface area contributed by atoms with E-state index < -0.39 is 0 Å². The lowest BCUT2D eigenvalue weighted by Gasteiger charge is -2.04. The Balaban J connectivity index is 1.83. The highest BCUT2D eigenvalue weighted by Gasteiger charge is 2.04. The summed E-state index contributed by atoms with van der Waals surface area (Å²) < 4.78 is 0. The normalized spacial score (nSPS) is 10.3. The molecule has 3 nitrogen and oxygen atoms in total. The molecule has 2 aromatic rings. The third kappa shape index (κ3) is 3.67. The van der Waals surface area contributed by atoms with Gasteiger partial charge in [-0.2, -0.15) is 0 Å². The second-order valence-electron chi connectivity index (χ2n) is 4.28. The Labute approximate surface area is 111 Å². The number of aromatic nitrogens is 1. The summed E-state index contributed by atoms with van der Waals surface area (Å²) in [7, 11) is 0. The van der Waals surface area contributed by atoms with Crippen LogP contribution >= 0.6 is 11.3 Å². The third-order valence-corrected chi connectivity index (χ3v) is 3.53. The molecule has 1 N–H and O–H groups in total. The first-order valence-corrected chi connectivity index (χ1v) is 6.68. The molecule has 0 fully saturated rings. The zero-order valence-corrected chi connectivity index (χ0v) is 11.4. The quantitative estimate of drug-likeness (QED) is 0.918. The Morgan fingerprint density at radius 3 is 2.61 bits per heavy atom. The minimum atomic E-state index is 0.0462. The Kier molecular flexibility index (Phi) is 4.10. The van der Waals surface area contributed by atoms with Crippen LogP contribution in [0.15, 0.2) is 30.5 Å². The van der Waals surface area contributed by atoms with Gasteiger partial charge in [-0.1, -0.05) is 29.8 Å². The molecule has 2 rings (SSSR count). The Morgan fingerprint density at radius 2 is 2.00 bits per heavy atom. The van der Waals surface area contributed by atoms with E-state index in [9.17, 15) is 4.79 Å². The van der Waals surface area contributed by atoms with Gasteiger partial charge in [0.2, 0.25) is 5.91 Å². The topological polar surface area (TPSA) is 42.0 Å². The second kappa shape index (κ2) is 5.78. The first-order valence-electron chi connectivity index (χ1n) is 5.87. The van der Waals surface area contributed by atoms with E-state index >= 15 is 0 Å². The number of hydrogen-bond donors (Lipinski definition) is 1. The van der Waals surface area contributed by atoms with Gasteiger partial charge in [0, 0.05) is 11.1 Å². The van der Waals surface area contributed by atoms with Gasteiger partial charge in [-0.05, 0) is 19.4 Å². The van der Waals surface area contributed by atoms with E-state index in [-0.39, 0.29) is 5.91 Å². The summed E-state index contributed by atoms with van der Waals surface area (Å²) in [5.74, 6) is 0.0462. The van der Waals surface area contributed by atoms with Gasteiger partial charge >= 0.3 is 0 Å². The highest BCUT2D eigenvalue weighted by Crippen LogP contribution is 2.11. The van der Waals surface area contributed by atoms with Crippen molar-refractivity contribution in [2.45, 2.75) is 26.8 Å². The monoisotopic (exact) mass is 260 g/mol. The zero-order valence-electron chi connectivity index (χ0n) is 10.6. The van der Waals surface area contributed by atoms with Crippen molar-refractivity contribution < 1.29 is 4.79 Å². The molecule has 0 unspecified atom stereocenters. The summed E-state index contributed by atoms with van der Waals surface area (Å²) in [6.45, 7) is 4.56. The van der Waals surface area contributed by atoms with Gasteiger partial charge in [0.1, 0.15) is 0 Å². The Morgan fingerprint density at radius 1 is 1.28 bits per heavy atom. The average Bonchev–Trinajstić information content (AvgIpc) is 2.76. The van der Waals surface area contributed by atoms with Crippen LogP contribution in [0.4, 0.5) is 0 Å². The summed E-state index contributed by atoms with van der Waals surface area (Å²) >= 11 is 1.61. The second-order valence-corrected chi connectivity index (χ2v) is 5.60. The maximum absolute atomic E-state index is 11.8. The van der Waals surface area contributed by atoms with Crippen LogP contribution in [0.2, 0.25) is 0 Å². The zero-order chi connectivity index (χ0) is 13.0. The van der Waals surface area contributed by atoms with Gasteiger partial charge in [0.15, 0.2) is 0 Å². The SMILES string of the molecule is Cc1ccc(CC(=O)NCc2cnc(C)s2)cc1. The molecule has 0 aliphatic rings. The van der Waals surface area contributed by atoms with Crippen LogP contribution in [0.3, 0.4) is 0 Å². The van der Waals surface area contributed by atoms with Crippen molar-refractivity contribution in [3.05, 3.63) is 51.5 Å². The predicted molar refractivity (Wildman–Crippen MR) is 73.6 cm³/mol. The molecule has 94 valence electrons. The predicted octanol–water partition coefficient (Wildman–Crippen LogP) is 2.62. The molecular weight excluding hydrogens is 244 g/mol. The smallest absolute Gasteiger partial charge is 0.224 e. The fraction of sp³-hybridized carbons (Fsp3) is 0.286. The maximum Gasteiger partial charge on any atom is 0.224 e. The van der Waals surface area contributed by atoms with Crippen LogP contribution in [0, 0.1) is 13.8 Å². The molecule has 0 aliphatic heterocycles. The molecule has 0 atom stereocenters. The van der Waals surface area contributed by atoms with Gasteiger partial charge in [-0.15, -0.1) is 11.3 Å². The van der Waals surface area contributed by atoms with Crippen LogP contribution in [0.5, 0.6) is 0 Å². The number of rotatable bonds is 4. The maximum atomic E-state index is 11.8. The lowest BCUT2D eigenvalue weighted by molar-refractivity contribution is -0.120. The number of amides is 1. The van der Waals surface area contributed by atoms with Gasteiger partial charge in [0.25, 0.3) is 0 Å². The summed E-state index contributed by atoms with van der Waals surface area (Å²) in [6.07, 6.45) is 2.24. The molecule has 0 saturated heterocycles. The van der Waals surface area contributed by atoms with E-state index in [0.717, 1.165) is 15.4 Å². The van der Waals surface area contributed by atoms with Crippen molar-refractivity contribution in [1.29, 1.82) is 0 Å². The Bertz CT molecular complexity index is 531. The van der Waals surface area contributed by atoms with E-state index in [0.29, 0.717) is 13.0 Å². The number of nitrogens with zero attached hydrogens (tertiary/aromatic N) is 1. The van der Waals surface area contributed by atoms with Crippen LogP contribution in [-0.4, -0.2) is 10.9 Å². The molecule has 1 aromatic carbocycles. The first kappa shape index (κ1) is 12.8. The van der Waals surface area contributed by atoms with Crippen LogP contribution < -0.4 is 5.32 Å². The highest BCUT2D eigenvalue weighted by molar-refractivity contribution is 7.11. The van der Waals surface area contributed by atoms with Crippen LogP contribution in [0.1, 0.15) is 21.0 Å². The fourth-order valence-corrected chi connectivity index (χ4v) is 2.36. The average molecular weight is 260 g/mol. The molecule has 0 radical (unpaired) electrons. The first-order chi connectivity index (χ1) is 8.63. The van der Waals surface area contributed by atoms with E-state index in [1.807, 2.05) is 44.3 Å². The molecule has 0 saturated carbocycles. The summed E-state index contributed by atoms with van der Waals surface area (Å²) in [5.41, 5.74) is 2.25. The summed E-state index contributed by atoms with van der Waals surface area (Å²) in [4.78, 5) is 17.0. The van der Waals surface area contributed by atoms with Crippen molar-refractivity contribution in [2.24, 2.45) is 0 Å². The van der Waals surface area contributed by atoms with Gasteiger partial charge < -0.3 is 5.32 Å². The minimum Gasteiger partial charge on any atom is -0.351 e. The van der Waals surface area contributed by atoms with E-state index in [1.165, 1.54) is 5.56 Å². The fourth-order valence-electron chi connectivity index (χ4n) is 1.63. The molecule has 0 spiro atoms. The number of benzene rings is 1. The lowest BCUT2D eigenvalue weighted by atomic mass is 10.1. The van der Waals surface area contributed by atoms with Crippen molar-refractivity contribution in [3.8, 4) is 0 Å². The molecule has 0 bridgehead atoms. The van der Waals surface area contributed by atoms with E-state index in [2.05, 4.69) is 10.3 Å². The molecule has 1 amide bonds. The number of carbonyl (C=O) groups excluding carboxylic acids is 1. The molecule has 1 aromatic heterocycles. The molecular formula is C14H16N2OS. The largest absolute Gasteiger partial charge is 0.351 e. The molecule has 4 heteroatoms. The van der Waals surface area contributed by atoms with Crippen LogP contribution in [-0.2, 0) is 17.8 Å². The summed E-state index contributed by atoms with van der Waals surface area (Å²) in [5, 5.41) is 3.93. The molecule has 18 heavy (non-hydrogen) atoms. The van der Waals surface area contributed by atoms with Crippen molar-refractivity contribution in [2.75, 3.05) is 0 Å².